The first-order valence-corrected chi connectivity index (χ1v) is 13.9. The maximum atomic E-state index is 12.3. The summed E-state index contributed by atoms with van der Waals surface area (Å²) < 4.78 is 16.7. The molecule has 0 aromatic rings. The van der Waals surface area contributed by atoms with Gasteiger partial charge in [0.05, 0.1) is 7.11 Å². The molecule has 4 aliphatic rings. The highest BCUT2D eigenvalue weighted by molar-refractivity contribution is 5.69. The van der Waals surface area contributed by atoms with Crippen molar-refractivity contribution in [3.05, 3.63) is 0 Å². The van der Waals surface area contributed by atoms with Crippen molar-refractivity contribution in [3.8, 4) is 0 Å². The molecule has 35 heavy (non-hydrogen) atoms. The normalized spacial score (nSPS) is 43.2. The molecule has 0 radical (unpaired) electrons. The fourth-order valence-electron chi connectivity index (χ4n) is 9.48. The zero-order valence-electron chi connectivity index (χ0n) is 22.6. The Bertz CT molecular complexity index is 824. The second-order valence-electron chi connectivity index (χ2n) is 12.6. The molecule has 0 unspecified atom stereocenters. The summed E-state index contributed by atoms with van der Waals surface area (Å²) in [5.74, 6) is 2.60. The molecule has 4 aliphatic carbocycles. The maximum absolute atomic E-state index is 12.3. The summed E-state index contributed by atoms with van der Waals surface area (Å²) in [6, 6.07) is 0. The zero-order valence-corrected chi connectivity index (χ0v) is 22.6. The maximum Gasteiger partial charge on any atom is 0.305 e. The van der Waals surface area contributed by atoms with E-state index in [1.165, 1.54) is 33.3 Å². The molecule has 10 atom stereocenters. The minimum Gasteiger partial charge on any atom is -0.469 e. The molecule has 6 heteroatoms. The van der Waals surface area contributed by atoms with Gasteiger partial charge in [-0.2, -0.15) is 0 Å². The predicted molar refractivity (Wildman–Crippen MR) is 132 cm³/mol. The lowest BCUT2D eigenvalue weighted by Gasteiger charge is -2.62. The van der Waals surface area contributed by atoms with E-state index in [-0.39, 0.29) is 40.9 Å². The number of rotatable bonds is 6. The minimum absolute atomic E-state index is 0.0479. The third-order valence-corrected chi connectivity index (χ3v) is 11.1. The van der Waals surface area contributed by atoms with Crippen LogP contribution in [-0.2, 0) is 28.6 Å². The molecule has 0 aliphatic heterocycles. The second kappa shape index (κ2) is 10.0. The fraction of sp³-hybridized carbons (Fsp3) is 0.897. The van der Waals surface area contributed by atoms with Crippen LogP contribution in [0.15, 0.2) is 0 Å². The van der Waals surface area contributed by atoms with Gasteiger partial charge in [-0.3, -0.25) is 14.4 Å². The van der Waals surface area contributed by atoms with Gasteiger partial charge in [0.25, 0.3) is 0 Å². The largest absolute Gasteiger partial charge is 0.469 e. The molecule has 4 fully saturated rings. The molecule has 0 bridgehead atoms. The molecule has 4 saturated carbocycles. The molecule has 6 nitrogen and oxygen atoms in total. The Morgan fingerprint density at radius 1 is 0.914 bits per heavy atom. The molecule has 0 aromatic carbocycles. The highest BCUT2D eigenvalue weighted by Crippen LogP contribution is 2.69. The molecule has 0 amide bonds. The van der Waals surface area contributed by atoms with E-state index in [0.717, 1.165) is 38.5 Å². The number of ether oxygens (including phenoxy) is 3. The van der Waals surface area contributed by atoms with E-state index in [1.807, 2.05) is 0 Å². The Morgan fingerprint density at radius 3 is 2.29 bits per heavy atom. The Hall–Kier alpha value is -1.59. The van der Waals surface area contributed by atoms with Gasteiger partial charge in [0, 0.05) is 25.7 Å². The molecular weight excluding hydrogens is 444 g/mol. The number of carbonyl (C=O) groups is 3. The summed E-state index contributed by atoms with van der Waals surface area (Å²) in [6.45, 7) is 10.2. The number of hydrogen-bond donors (Lipinski definition) is 0. The highest BCUT2D eigenvalue weighted by Gasteiger charge is 2.65. The lowest BCUT2D eigenvalue weighted by atomic mass is 9.43. The van der Waals surface area contributed by atoms with Crippen molar-refractivity contribution in [2.75, 3.05) is 7.11 Å². The second-order valence-corrected chi connectivity index (χ2v) is 12.6. The highest BCUT2D eigenvalue weighted by atomic mass is 16.5. The molecule has 4 rings (SSSR count). The summed E-state index contributed by atoms with van der Waals surface area (Å²) >= 11 is 0. The van der Waals surface area contributed by atoms with Crippen LogP contribution in [0.3, 0.4) is 0 Å². The summed E-state index contributed by atoms with van der Waals surface area (Å²) in [5, 5.41) is 0. The Labute approximate surface area is 211 Å². The molecule has 0 heterocycles. The smallest absolute Gasteiger partial charge is 0.305 e. The van der Waals surface area contributed by atoms with Gasteiger partial charge in [-0.1, -0.05) is 20.8 Å². The standard InChI is InChI=1S/C29H46O6/c1-17(7-12-27(32)33-6)23-10-11-24-22-9-8-20-15-21(34-18(2)30)13-14-28(20,4)25(22)16-26(29(23,24)5)35-19(3)31/h17,20-26H,7-16H2,1-6H3/t17-,20-,21+,22-,23+,24-,25-,26+,28-,29+/m0/s1. The van der Waals surface area contributed by atoms with Crippen LogP contribution in [0.5, 0.6) is 0 Å². The van der Waals surface area contributed by atoms with Gasteiger partial charge >= 0.3 is 17.9 Å². The van der Waals surface area contributed by atoms with Crippen molar-refractivity contribution in [1.82, 2.24) is 0 Å². The average molecular weight is 491 g/mol. The first-order chi connectivity index (χ1) is 16.5. The first kappa shape index (κ1) is 26.5. The van der Waals surface area contributed by atoms with Crippen molar-refractivity contribution in [1.29, 1.82) is 0 Å². The fourth-order valence-corrected chi connectivity index (χ4v) is 9.48. The molecule has 0 spiro atoms. The van der Waals surface area contributed by atoms with Crippen molar-refractivity contribution >= 4 is 17.9 Å². The van der Waals surface area contributed by atoms with E-state index in [2.05, 4.69) is 20.8 Å². The minimum atomic E-state index is -0.183. The van der Waals surface area contributed by atoms with Gasteiger partial charge in [-0.15, -0.1) is 0 Å². The number of esters is 3. The van der Waals surface area contributed by atoms with Gasteiger partial charge < -0.3 is 14.2 Å². The summed E-state index contributed by atoms with van der Waals surface area (Å²) in [7, 11) is 1.45. The lowest BCUT2D eigenvalue weighted by Crippen LogP contribution is -2.59. The summed E-state index contributed by atoms with van der Waals surface area (Å²) in [4.78, 5) is 35.7. The predicted octanol–water partition coefficient (Wildman–Crippen LogP) is 5.71. The van der Waals surface area contributed by atoms with Crippen LogP contribution in [-0.4, -0.2) is 37.2 Å². The van der Waals surface area contributed by atoms with Gasteiger partial charge in [0.2, 0.25) is 0 Å². The summed E-state index contributed by atoms with van der Waals surface area (Å²) in [5.41, 5.74) is 0.147. The van der Waals surface area contributed by atoms with E-state index >= 15 is 0 Å². The van der Waals surface area contributed by atoms with Crippen molar-refractivity contribution in [2.24, 2.45) is 46.3 Å². The molecule has 198 valence electrons. The Kier molecular flexibility index (Phi) is 7.60. The SMILES string of the molecule is COC(=O)CC[C@H](C)[C@H]1CC[C@H]2[C@@H]3CC[C@H]4C[C@H](OC(C)=O)CC[C@]4(C)[C@H]3C[C@@H](OC(C)=O)[C@]12C. The van der Waals surface area contributed by atoms with Crippen molar-refractivity contribution in [2.45, 2.75) is 111 Å². The van der Waals surface area contributed by atoms with E-state index in [0.29, 0.717) is 41.9 Å². The van der Waals surface area contributed by atoms with E-state index in [1.54, 1.807) is 6.92 Å². The van der Waals surface area contributed by atoms with Gasteiger partial charge in [-0.25, -0.2) is 0 Å². The van der Waals surface area contributed by atoms with Gasteiger partial charge in [0.1, 0.15) is 12.2 Å². The third-order valence-electron chi connectivity index (χ3n) is 11.1. The van der Waals surface area contributed by atoms with Crippen LogP contribution in [0.1, 0.15) is 98.8 Å². The lowest BCUT2D eigenvalue weighted by molar-refractivity contribution is -0.197. The zero-order chi connectivity index (χ0) is 25.5. The van der Waals surface area contributed by atoms with Crippen LogP contribution in [0.25, 0.3) is 0 Å². The molecular formula is C29H46O6. The van der Waals surface area contributed by atoms with Crippen LogP contribution in [0, 0.1) is 46.3 Å². The number of carbonyl (C=O) groups excluding carboxylic acids is 3. The van der Waals surface area contributed by atoms with Gasteiger partial charge in [0.15, 0.2) is 0 Å². The van der Waals surface area contributed by atoms with E-state index < -0.39 is 0 Å². The topological polar surface area (TPSA) is 78.9 Å². The number of hydrogen-bond acceptors (Lipinski definition) is 6. The van der Waals surface area contributed by atoms with E-state index in [9.17, 15) is 14.4 Å². The summed E-state index contributed by atoms with van der Waals surface area (Å²) in [6.07, 6.45) is 9.87. The van der Waals surface area contributed by atoms with Crippen LogP contribution < -0.4 is 0 Å². The first-order valence-electron chi connectivity index (χ1n) is 13.9. The molecule has 0 aromatic heterocycles. The van der Waals surface area contributed by atoms with Crippen molar-refractivity contribution < 1.29 is 28.6 Å². The average Bonchev–Trinajstić information content (AvgIpc) is 3.16. The number of methoxy groups -OCH3 is 1. The Balaban J connectivity index is 1.58. The van der Waals surface area contributed by atoms with Gasteiger partial charge in [-0.05, 0) is 98.7 Å². The number of fused-ring (bicyclic) bond motifs is 5. The monoisotopic (exact) mass is 490 g/mol. The van der Waals surface area contributed by atoms with Crippen LogP contribution in [0.4, 0.5) is 0 Å². The van der Waals surface area contributed by atoms with Crippen molar-refractivity contribution in [3.63, 3.8) is 0 Å². The third kappa shape index (κ3) is 4.75. The molecule has 0 N–H and O–H groups in total. The van der Waals surface area contributed by atoms with E-state index in [4.69, 9.17) is 14.2 Å². The van der Waals surface area contributed by atoms with Crippen LogP contribution >= 0.6 is 0 Å². The van der Waals surface area contributed by atoms with Crippen LogP contribution in [0.2, 0.25) is 0 Å². The molecule has 0 saturated heterocycles. The Morgan fingerprint density at radius 2 is 1.63 bits per heavy atom. The quantitative estimate of drug-likeness (QED) is 0.351.